The molecule has 38 heavy (non-hydrogen) atoms. The molecule has 0 aromatic heterocycles. The molecule has 0 unspecified atom stereocenters. The number of ether oxygens (including phenoxy) is 1. The van der Waals surface area contributed by atoms with Crippen LogP contribution in [0.4, 0.5) is 17.1 Å². The molecule has 0 bridgehead atoms. The van der Waals surface area contributed by atoms with E-state index in [0.717, 1.165) is 24.3 Å². The summed E-state index contributed by atoms with van der Waals surface area (Å²) in [5, 5.41) is 2.92. The predicted molar refractivity (Wildman–Crippen MR) is 152 cm³/mol. The number of piperidine rings is 1. The highest BCUT2D eigenvalue weighted by atomic mass is 32.2. The van der Waals surface area contributed by atoms with E-state index in [4.69, 9.17) is 4.74 Å². The predicted octanol–water partition coefficient (Wildman–Crippen LogP) is 5.57. The highest BCUT2D eigenvalue weighted by Gasteiger charge is 2.38. The van der Waals surface area contributed by atoms with Crippen molar-refractivity contribution in [2.24, 2.45) is 0 Å². The molecule has 2 heterocycles. The van der Waals surface area contributed by atoms with E-state index in [1.54, 1.807) is 36.4 Å². The largest absolute Gasteiger partial charge is 0.476 e. The Hall–Kier alpha value is -3.52. The molecule has 2 aliphatic rings. The van der Waals surface area contributed by atoms with Crippen molar-refractivity contribution >= 4 is 33.0 Å². The quantitative estimate of drug-likeness (QED) is 0.464. The second kappa shape index (κ2) is 10.3. The molecule has 3 aromatic rings. The number of rotatable bonds is 5. The third kappa shape index (κ3) is 5.36. The first kappa shape index (κ1) is 26.1. The lowest BCUT2D eigenvalue weighted by atomic mass is 9.86. The summed E-state index contributed by atoms with van der Waals surface area (Å²) < 4.78 is 34.9. The van der Waals surface area contributed by atoms with Crippen molar-refractivity contribution in [1.82, 2.24) is 0 Å². The molecular formula is C30H35N3O4S. The maximum atomic E-state index is 13.8. The second-order valence-corrected chi connectivity index (χ2v) is 12.8. The topological polar surface area (TPSA) is 79.0 Å². The van der Waals surface area contributed by atoms with Crippen molar-refractivity contribution < 1.29 is 17.9 Å². The van der Waals surface area contributed by atoms with Crippen LogP contribution in [-0.2, 0) is 20.2 Å². The third-order valence-corrected chi connectivity index (χ3v) is 8.97. The van der Waals surface area contributed by atoms with Crippen molar-refractivity contribution in [3.05, 3.63) is 78.4 Å². The number of anilines is 3. The highest BCUT2D eigenvalue weighted by molar-refractivity contribution is 7.92. The van der Waals surface area contributed by atoms with E-state index in [0.29, 0.717) is 17.1 Å². The van der Waals surface area contributed by atoms with E-state index in [-0.39, 0.29) is 16.9 Å². The molecule has 1 saturated heterocycles. The minimum Gasteiger partial charge on any atom is -0.476 e. The third-order valence-electron chi connectivity index (χ3n) is 7.17. The Balaban J connectivity index is 1.41. The number of nitrogens with one attached hydrogen (secondary N) is 1. The van der Waals surface area contributed by atoms with Gasteiger partial charge >= 0.3 is 0 Å². The monoisotopic (exact) mass is 533 g/mol. The maximum Gasteiger partial charge on any atom is 0.267 e. The summed E-state index contributed by atoms with van der Waals surface area (Å²) in [5.74, 6) is -0.0288. The standard InChI is InChI=1S/C30H35N3O4S/c1-30(2,3)22-12-17-27-26(20-22)33(38(35,36)25-10-6-4-7-11-25)21-28(37-27)29(34)31-23-13-15-24(16-14-23)32-18-8-5-9-19-32/h4,6-7,10-17,20,28H,5,8-9,18-19,21H2,1-3H3,(H,31,34)/t28-/m0/s1. The summed E-state index contributed by atoms with van der Waals surface area (Å²) in [6.45, 7) is 8.17. The Labute approximate surface area is 225 Å². The lowest BCUT2D eigenvalue weighted by Crippen LogP contribution is -2.49. The van der Waals surface area contributed by atoms with Gasteiger partial charge in [0.1, 0.15) is 5.75 Å². The molecule has 0 spiro atoms. The minimum atomic E-state index is -3.93. The highest BCUT2D eigenvalue weighted by Crippen LogP contribution is 2.40. The Morgan fingerprint density at radius 2 is 1.61 bits per heavy atom. The molecular weight excluding hydrogens is 498 g/mol. The summed E-state index contributed by atoms with van der Waals surface area (Å²) in [5.41, 5.74) is 3.01. The van der Waals surface area contributed by atoms with Crippen LogP contribution in [0.3, 0.4) is 0 Å². The number of benzene rings is 3. The van der Waals surface area contributed by atoms with Gasteiger partial charge in [-0.05, 0) is 78.8 Å². The lowest BCUT2D eigenvalue weighted by molar-refractivity contribution is -0.122. The van der Waals surface area contributed by atoms with Crippen LogP contribution in [0.1, 0.15) is 45.6 Å². The van der Waals surface area contributed by atoms with Crippen molar-refractivity contribution in [2.45, 2.75) is 56.4 Å². The zero-order valence-electron chi connectivity index (χ0n) is 22.2. The molecule has 1 N–H and O–H groups in total. The summed E-state index contributed by atoms with van der Waals surface area (Å²) >= 11 is 0. The average Bonchev–Trinajstić information content (AvgIpc) is 2.93. The van der Waals surface area contributed by atoms with Crippen LogP contribution in [0.15, 0.2) is 77.7 Å². The molecule has 3 aromatic carbocycles. The Morgan fingerprint density at radius 1 is 0.921 bits per heavy atom. The Bertz CT molecular complexity index is 1390. The van der Waals surface area contributed by atoms with Gasteiger partial charge in [-0.3, -0.25) is 9.10 Å². The van der Waals surface area contributed by atoms with Gasteiger partial charge in [0.15, 0.2) is 6.10 Å². The molecule has 8 heteroatoms. The average molecular weight is 534 g/mol. The number of sulfonamides is 1. The van der Waals surface area contributed by atoms with Crippen LogP contribution in [-0.4, -0.2) is 40.1 Å². The number of carbonyl (C=O) groups is 1. The molecule has 2 aliphatic heterocycles. The van der Waals surface area contributed by atoms with E-state index >= 15 is 0 Å². The van der Waals surface area contributed by atoms with Crippen molar-refractivity contribution in [2.75, 3.05) is 34.2 Å². The van der Waals surface area contributed by atoms with Gasteiger partial charge in [0, 0.05) is 24.5 Å². The normalized spacial score (nSPS) is 17.9. The summed E-state index contributed by atoms with van der Waals surface area (Å²) in [7, 11) is -3.93. The number of carbonyl (C=O) groups excluding carboxylic acids is 1. The zero-order valence-corrected chi connectivity index (χ0v) is 23.0. The Kier molecular flexibility index (Phi) is 7.09. The van der Waals surface area contributed by atoms with Gasteiger partial charge in [-0.2, -0.15) is 0 Å². The molecule has 1 atom stereocenters. The fourth-order valence-electron chi connectivity index (χ4n) is 4.93. The van der Waals surface area contributed by atoms with Gasteiger partial charge in [-0.25, -0.2) is 8.42 Å². The fourth-order valence-corrected chi connectivity index (χ4v) is 6.42. The van der Waals surface area contributed by atoms with Crippen LogP contribution in [0.5, 0.6) is 5.75 Å². The van der Waals surface area contributed by atoms with E-state index in [9.17, 15) is 13.2 Å². The van der Waals surface area contributed by atoms with Gasteiger partial charge in [-0.15, -0.1) is 0 Å². The van der Waals surface area contributed by atoms with E-state index in [1.807, 2.05) is 36.4 Å². The van der Waals surface area contributed by atoms with Gasteiger partial charge in [0.2, 0.25) is 0 Å². The molecule has 7 nitrogen and oxygen atoms in total. The molecule has 1 fully saturated rings. The van der Waals surface area contributed by atoms with Crippen LogP contribution in [0, 0.1) is 0 Å². The number of amides is 1. The van der Waals surface area contributed by atoms with Crippen LogP contribution in [0.25, 0.3) is 0 Å². The summed E-state index contributed by atoms with van der Waals surface area (Å²) in [6, 6.07) is 21.6. The van der Waals surface area contributed by atoms with Gasteiger partial charge in [-0.1, -0.05) is 45.0 Å². The first-order valence-corrected chi connectivity index (χ1v) is 14.6. The first-order valence-electron chi connectivity index (χ1n) is 13.2. The molecule has 0 radical (unpaired) electrons. The summed E-state index contributed by atoms with van der Waals surface area (Å²) in [6.07, 6.45) is 2.64. The van der Waals surface area contributed by atoms with Crippen molar-refractivity contribution in [3.8, 4) is 5.75 Å². The second-order valence-electron chi connectivity index (χ2n) is 11.0. The van der Waals surface area contributed by atoms with E-state index in [2.05, 4.69) is 31.0 Å². The van der Waals surface area contributed by atoms with E-state index < -0.39 is 22.0 Å². The molecule has 0 aliphatic carbocycles. The van der Waals surface area contributed by atoms with E-state index in [1.165, 1.54) is 23.6 Å². The molecule has 0 saturated carbocycles. The van der Waals surface area contributed by atoms with Crippen LogP contribution >= 0.6 is 0 Å². The van der Waals surface area contributed by atoms with Gasteiger partial charge in [0.05, 0.1) is 17.1 Å². The number of hydrogen-bond donors (Lipinski definition) is 1. The minimum absolute atomic E-state index is 0.129. The summed E-state index contributed by atoms with van der Waals surface area (Å²) in [4.78, 5) is 15.9. The molecule has 1 amide bonds. The smallest absolute Gasteiger partial charge is 0.267 e. The maximum absolute atomic E-state index is 13.8. The fraction of sp³-hybridized carbons (Fsp3) is 0.367. The number of hydrogen-bond acceptors (Lipinski definition) is 5. The lowest BCUT2D eigenvalue weighted by Gasteiger charge is -2.36. The number of nitrogens with zero attached hydrogens (tertiary/aromatic N) is 2. The number of fused-ring (bicyclic) bond motifs is 1. The molecule has 5 rings (SSSR count). The Morgan fingerprint density at radius 3 is 2.26 bits per heavy atom. The van der Waals surface area contributed by atoms with Crippen LogP contribution in [0.2, 0.25) is 0 Å². The van der Waals surface area contributed by atoms with Gasteiger partial charge < -0.3 is 15.0 Å². The van der Waals surface area contributed by atoms with Crippen molar-refractivity contribution in [1.29, 1.82) is 0 Å². The zero-order chi connectivity index (χ0) is 26.9. The van der Waals surface area contributed by atoms with Crippen LogP contribution < -0.4 is 19.3 Å². The molecule has 200 valence electrons. The van der Waals surface area contributed by atoms with Crippen molar-refractivity contribution in [3.63, 3.8) is 0 Å². The SMILES string of the molecule is CC(C)(C)c1ccc2c(c1)N(S(=O)(=O)c1ccccc1)C[C@@H](C(=O)Nc1ccc(N3CCCCC3)cc1)O2. The first-order chi connectivity index (χ1) is 18.1. The van der Waals surface area contributed by atoms with Gasteiger partial charge in [0.25, 0.3) is 15.9 Å².